The zero-order valence-electron chi connectivity index (χ0n) is 16.1. The third-order valence-electron chi connectivity index (χ3n) is 4.53. The van der Waals surface area contributed by atoms with Crippen molar-refractivity contribution in [2.24, 2.45) is 5.73 Å². The SMILES string of the molecule is CCOC(=O)C1=C(c2cccc([N+](=O)[O-])c2)OC(N)=C(C#N)C1c1cccc(Cl)c1Cl. The summed E-state index contributed by atoms with van der Waals surface area (Å²) < 4.78 is 10.8. The molecule has 0 spiro atoms. The van der Waals surface area contributed by atoms with Crippen molar-refractivity contribution in [3.05, 3.63) is 90.8 Å². The van der Waals surface area contributed by atoms with E-state index in [1.807, 2.05) is 6.07 Å². The van der Waals surface area contributed by atoms with E-state index in [-0.39, 0.29) is 50.7 Å². The Morgan fingerprint density at radius 2 is 2.03 bits per heavy atom. The number of hydrogen-bond donors (Lipinski definition) is 1. The minimum Gasteiger partial charge on any atom is -0.463 e. The van der Waals surface area contributed by atoms with Crippen LogP contribution < -0.4 is 5.73 Å². The van der Waals surface area contributed by atoms with E-state index < -0.39 is 16.8 Å². The number of benzene rings is 2. The van der Waals surface area contributed by atoms with Crippen molar-refractivity contribution >= 4 is 40.6 Å². The second-order valence-electron chi connectivity index (χ2n) is 6.34. The summed E-state index contributed by atoms with van der Waals surface area (Å²) in [5, 5.41) is 21.3. The van der Waals surface area contributed by atoms with Gasteiger partial charge in [0.2, 0.25) is 5.88 Å². The molecule has 10 heteroatoms. The third kappa shape index (κ3) is 4.19. The number of non-ortho nitro benzene ring substituents is 1. The minimum atomic E-state index is -1.06. The van der Waals surface area contributed by atoms with Crippen LogP contribution in [0.4, 0.5) is 5.69 Å². The lowest BCUT2D eigenvalue weighted by Crippen LogP contribution is -2.26. The molecule has 1 heterocycles. The predicted molar refractivity (Wildman–Crippen MR) is 114 cm³/mol. The summed E-state index contributed by atoms with van der Waals surface area (Å²) in [7, 11) is 0. The minimum absolute atomic E-state index is 0.0433. The van der Waals surface area contributed by atoms with Gasteiger partial charge in [-0.05, 0) is 18.6 Å². The average Bonchev–Trinajstić information content (AvgIpc) is 2.75. The Balaban J connectivity index is 2.36. The predicted octanol–water partition coefficient (Wildman–Crippen LogP) is 4.68. The first-order chi connectivity index (χ1) is 14.8. The fraction of sp³-hybridized carbons (Fsp3) is 0.143. The molecule has 31 heavy (non-hydrogen) atoms. The zero-order valence-corrected chi connectivity index (χ0v) is 17.6. The van der Waals surface area contributed by atoms with E-state index in [4.69, 9.17) is 38.4 Å². The van der Waals surface area contributed by atoms with Gasteiger partial charge in [-0.2, -0.15) is 5.26 Å². The van der Waals surface area contributed by atoms with Crippen LogP contribution in [-0.2, 0) is 14.3 Å². The number of carbonyl (C=O) groups excluding carboxylic acids is 1. The van der Waals surface area contributed by atoms with Gasteiger partial charge in [0, 0.05) is 17.7 Å². The van der Waals surface area contributed by atoms with Crippen LogP contribution in [0.25, 0.3) is 5.76 Å². The molecule has 1 aliphatic rings. The Morgan fingerprint density at radius 3 is 2.68 bits per heavy atom. The van der Waals surface area contributed by atoms with Crippen LogP contribution in [0.1, 0.15) is 24.0 Å². The molecule has 2 N–H and O–H groups in total. The monoisotopic (exact) mass is 459 g/mol. The number of ether oxygens (including phenoxy) is 2. The Morgan fingerprint density at radius 1 is 1.32 bits per heavy atom. The summed E-state index contributed by atoms with van der Waals surface area (Å²) in [6.07, 6.45) is 0. The smallest absolute Gasteiger partial charge is 0.338 e. The number of nitriles is 1. The van der Waals surface area contributed by atoms with Crippen molar-refractivity contribution in [3.63, 3.8) is 0 Å². The number of nitrogens with zero attached hydrogens (tertiary/aromatic N) is 2. The molecule has 8 nitrogen and oxygen atoms in total. The number of nitrogens with two attached hydrogens (primary N) is 1. The van der Waals surface area contributed by atoms with Crippen LogP contribution in [0.15, 0.2) is 59.5 Å². The summed E-state index contributed by atoms with van der Waals surface area (Å²) in [6, 6.07) is 12.2. The molecule has 1 unspecified atom stereocenters. The van der Waals surface area contributed by atoms with E-state index in [0.717, 1.165) is 0 Å². The highest BCUT2D eigenvalue weighted by Crippen LogP contribution is 2.46. The summed E-state index contributed by atoms with van der Waals surface area (Å²) in [5.74, 6) is -2.18. The van der Waals surface area contributed by atoms with E-state index in [9.17, 15) is 20.2 Å². The van der Waals surface area contributed by atoms with Crippen LogP contribution in [0.2, 0.25) is 10.0 Å². The first kappa shape index (κ1) is 22.2. The van der Waals surface area contributed by atoms with Gasteiger partial charge in [-0.1, -0.05) is 47.5 Å². The van der Waals surface area contributed by atoms with Gasteiger partial charge in [-0.25, -0.2) is 4.79 Å². The lowest BCUT2D eigenvalue weighted by Gasteiger charge is -2.28. The molecule has 158 valence electrons. The van der Waals surface area contributed by atoms with Gasteiger partial charge < -0.3 is 15.2 Å². The second kappa shape index (κ2) is 9.08. The number of nitro groups is 1. The molecule has 1 aliphatic heterocycles. The first-order valence-corrected chi connectivity index (χ1v) is 9.73. The number of rotatable bonds is 5. The fourth-order valence-electron chi connectivity index (χ4n) is 3.21. The van der Waals surface area contributed by atoms with E-state index >= 15 is 0 Å². The van der Waals surface area contributed by atoms with Crippen LogP contribution >= 0.6 is 23.2 Å². The fourth-order valence-corrected chi connectivity index (χ4v) is 3.62. The number of halogens is 2. The highest BCUT2D eigenvalue weighted by molar-refractivity contribution is 6.42. The van der Waals surface area contributed by atoms with Crippen LogP contribution in [0, 0.1) is 21.4 Å². The van der Waals surface area contributed by atoms with E-state index in [1.54, 1.807) is 25.1 Å². The van der Waals surface area contributed by atoms with E-state index in [1.165, 1.54) is 24.3 Å². The van der Waals surface area contributed by atoms with Gasteiger partial charge in [0.15, 0.2) is 0 Å². The second-order valence-corrected chi connectivity index (χ2v) is 7.12. The lowest BCUT2D eigenvalue weighted by atomic mass is 9.82. The molecule has 0 bridgehead atoms. The Hall–Kier alpha value is -3.54. The van der Waals surface area contributed by atoms with Crippen molar-refractivity contribution in [3.8, 4) is 6.07 Å². The molecule has 2 aromatic carbocycles. The van der Waals surface area contributed by atoms with Gasteiger partial charge in [0.25, 0.3) is 5.69 Å². The van der Waals surface area contributed by atoms with Crippen molar-refractivity contribution in [2.45, 2.75) is 12.8 Å². The van der Waals surface area contributed by atoms with Crippen LogP contribution in [-0.4, -0.2) is 17.5 Å². The summed E-state index contributed by atoms with van der Waals surface area (Å²) >= 11 is 12.6. The number of esters is 1. The Labute approximate surface area is 187 Å². The summed E-state index contributed by atoms with van der Waals surface area (Å²) in [5.41, 5.74) is 6.19. The lowest BCUT2D eigenvalue weighted by molar-refractivity contribution is -0.384. The van der Waals surface area contributed by atoms with Gasteiger partial charge in [0.1, 0.15) is 17.4 Å². The van der Waals surface area contributed by atoms with E-state index in [0.29, 0.717) is 5.56 Å². The number of carbonyl (C=O) groups is 1. The summed E-state index contributed by atoms with van der Waals surface area (Å²) in [6.45, 7) is 1.66. The molecule has 0 fully saturated rings. The maximum atomic E-state index is 13.0. The van der Waals surface area contributed by atoms with Gasteiger partial charge >= 0.3 is 5.97 Å². The molecule has 3 rings (SSSR count). The quantitative estimate of drug-likeness (QED) is 0.390. The van der Waals surface area contributed by atoms with Gasteiger partial charge in [0.05, 0.1) is 33.1 Å². The maximum Gasteiger partial charge on any atom is 0.338 e. The topological polar surface area (TPSA) is 128 Å². The van der Waals surface area contributed by atoms with Gasteiger partial charge in [-0.15, -0.1) is 0 Å². The number of allylic oxidation sites excluding steroid dienone is 1. The average molecular weight is 460 g/mol. The normalized spacial score (nSPS) is 15.9. The molecule has 0 aromatic heterocycles. The molecular formula is C21H15Cl2N3O5. The van der Waals surface area contributed by atoms with Crippen molar-refractivity contribution in [2.75, 3.05) is 6.61 Å². The van der Waals surface area contributed by atoms with Crippen LogP contribution in [0.5, 0.6) is 0 Å². The first-order valence-electron chi connectivity index (χ1n) is 8.97. The van der Waals surface area contributed by atoms with Crippen molar-refractivity contribution in [1.82, 2.24) is 0 Å². The molecule has 0 amide bonds. The maximum absolute atomic E-state index is 13.0. The zero-order chi connectivity index (χ0) is 22.7. The molecule has 0 aliphatic carbocycles. The number of nitro benzene ring substituents is 1. The molecule has 0 saturated carbocycles. The highest BCUT2D eigenvalue weighted by Gasteiger charge is 2.39. The van der Waals surface area contributed by atoms with Crippen molar-refractivity contribution in [1.29, 1.82) is 5.26 Å². The highest BCUT2D eigenvalue weighted by atomic mass is 35.5. The molecule has 2 aromatic rings. The number of hydrogen-bond acceptors (Lipinski definition) is 7. The summed E-state index contributed by atoms with van der Waals surface area (Å²) in [4.78, 5) is 23.7. The largest absolute Gasteiger partial charge is 0.463 e. The third-order valence-corrected chi connectivity index (χ3v) is 5.36. The Kier molecular flexibility index (Phi) is 6.49. The van der Waals surface area contributed by atoms with Crippen molar-refractivity contribution < 1.29 is 19.2 Å². The van der Waals surface area contributed by atoms with Crippen LogP contribution in [0.3, 0.4) is 0 Å². The molecule has 0 radical (unpaired) electrons. The molecule has 0 saturated heterocycles. The molecule has 1 atom stereocenters. The molecular weight excluding hydrogens is 445 g/mol. The van der Waals surface area contributed by atoms with E-state index in [2.05, 4.69) is 0 Å². The van der Waals surface area contributed by atoms with Gasteiger partial charge in [-0.3, -0.25) is 10.1 Å². The standard InChI is InChI=1S/C21H15Cl2N3O5/c1-2-30-21(27)17-16(13-7-4-8-15(22)18(13)23)14(10-24)20(25)31-19(17)11-5-3-6-12(9-11)26(28)29/h3-9,16H,2,25H2,1H3. The Bertz CT molecular complexity index is 1180.